The van der Waals surface area contributed by atoms with Gasteiger partial charge in [-0.1, -0.05) is 24.3 Å². The van der Waals surface area contributed by atoms with Crippen LogP contribution in [0.1, 0.15) is 57.8 Å². The Kier molecular flexibility index (Phi) is 4.09. The van der Waals surface area contributed by atoms with Crippen LogP contribution in [0.15, 0.2) is 41.4 Å². The largest absolute Gasteiger partial charge is 0.392 e. The van der Waals surface area contributed by atoms with E-state index in [0.717, 1.165) is 55.5 Å². The van der Waals surface area contributed by atoms with Crippen molar-refractivity contribution >= 4 is 17.8 Å². The summed E-state index contributed by atoms with van der Waals surface area (Å²) in [7, 11) is 0. The van der Waals surface area contributed by atoms with E-state index in [1.807, 2.05) is 36.5 Å². The molecule has 2 aromatic carbocycles. The molecule has 5 rings (SSSR count). The second-order valence-corrected chi connectivity index (χ2v) is 7.86. The van der Waals surface area contributed by atoms with Crippen LogP contribution >= 0.6 is 0 Å². The van der Waals surface area contributed by atoms with E-state index in [2.05, 4.69) is 16.0 Å². The minimum atomic E-state index is 0.0726. The summed E-state index contributed by atoms with van der Waals surface area (Å²) >= 11 is 0. The van der Waals surface area contributed by atoms with Crippen LogP contribution in [0.25, 0.3) is 0 Å². The highest BCUT2D eigenvalue weighted by Gasteiger charge is 2.39. The number of likely N-dealkylation sites (tertiary alicyclic amines) is 1. The number of amides is 1. The second kappa shape index (κ2) is 6.61. The van der Waals surface area contributed by atoms with Crippen molar-refractivity contribution in [1.29, 1.82) is 0 Å². The summed E-state index contributed by atoms with van der Waals surface area (Å²) in [6.45, 7) is 0.889. The van der Waals surface area contributed by atoms with E-state index < -0.39 is 0 Å². The Balaban J connectivity index is 1.48. The summed E-state index contributed by atoms with van der Waals surface area (Å²) < 4.78 is 0. The van der Waals surface area contributed by atoms with Crippen molar-refractivity contribution < 1.29 is 9.90 Å². The highest BCUT2D eigenvalue weighted by molar-refractivity contribution is 5.96. The van der Waals surface area contributed by atoms with Crippen molar-refractivity contribution in [2.75, 3.05) is 6.54 Å². The molecule has 1 fully saturated rings. The molecule has 138 valence electrons. The van der Waals surface area contributed by atoms with Crippen LogP contribution in [0.5, 0.6) is 0 Å². The zero-order valence-corrected chi connectivity index (χ0v) is 15.4. The smallest absolute Gasteiger partial charge is 0.254 e. The first-order valence-electron chi connectivity index (χ1n) is 9.94. The predicted molar refractivity (Wildman–Crippen MR) is 106 cm³/mol. The number of carbonyl (C=O) groups is 1. The second-order valence-electron chi connectivity index (χ2n) is 7.86. The third-order valence-electron chi connectivity index (χ3n) is 6.45. The van der Waals surface area contributed by atoms with Gasteiger partial charge in [0.05, 0.1) is 12.3 Å². The first-order valence-corrected chi connectivity index (χ1v) is 9.94. The lowest BCUT2D eigenvalue weighted by molar-refractivity contribution is 0.0545. The zero-order chi connectivity index (χ0) is 18.4. The van der Waals surface area contributed by atoms with Crippen LogP contribution in [0.2, 0.25) is 0 Å². The van der Waals surface area contributed by atoms with Crippen molar-refractivity contribution in [2.45, 2.75) is 50.7 Å². The van der Waals surface area contributed by atoms with Crippen molar-refractivity contribution in [3.8, 4) is 0 Å². The molecular weight excluding hydrogens is 336 g/mol. The molecule has 1 amide bonds. The molecule has 3 aliphatic rings. The molecule has 1 aliphatic carbocycles. The number of aliphatic hydroxyl groups is 1. The van der Waals surface area contributed by atoms with Crippen LogP contribution in [0, 0.1) is 0 Å². The van der Waals surface area contributed by atoms with Gasteiger partial charge in [-0.3, -0.25) is 9.79 Å². The lowest BCUT2D eigenvalue weighted by Crippen LogP contribution is -2.49. The maximum Gasteiger partial charge on any atom is 0.254 e. The van der Waals surface area contributed by atoms with Crippen LogP contribution in [-0.4, -0.2) is 34.7 Å². The number of piperidine rings is 1. The first-order chi connectivity index (χ1) is 13.3. The molecule has 2 aliphatic heterocycles. The average molecular weight is 360 g/mol. The quantitative estimate of drug-likeness (QED) is 0.886. The molecule has 2 heterocycles. The number of nitrogens with zero attached hydrogens (tertiary/aromatic N) is 2. The third kappa shape index (κ3) is 2.71. The van der Waals surface area contributed by atoms with E-state index in [1.165, 1.54) is 16.7 Å². The fourth-order valence-corrected chi connectivity index (χ4v) is 5.20. The number of aliphatic hydroxyl groups excluding tert-OH is 1. The normalized spacial score (nSPS) is 22.9. The van der Waals surface area contributed by atoms with E-state index in [9.17, 15) is 9.90 Å². The lowest BCUT2D eigenvalue weighted by atomic mass is 9.72. The minimum absolute atomic E-state index is 0.0726. The van der Waals surface area contributed by atoms with Gasteiger partial charge in [-0.15, -0.1) is 0 Å². The SMILES string of the molecule is O=C(c1ccc2c(c1)N=CC2)N1CCCC2c3c(CO)cccc3CC[C@@H]21. The number of carbonyl (C=O) groups excluding carboxylic acids is 1. The minimum Gasteiger partial charge on any atom is -0.392 e. The van der Waals surface area contributed by atoms with Crippen LogP contribution in [0.4, 0.5) is 5.69 Å². The van der Waals surface area contributed by atoms with Gasteiger partial charge in [0.1, 0.15) is 0 Å². The number of rotatable bonds is 2. The summed E-state index contributed by atoms with van der Waals surface area (Å²) in [6, 6.07) is 12.4. The van der Waals surface area contributed by atoms with Gasteiger partial charge < -0.3 is 10.0 Å². The van der Waals surface area contributed by atoms with Crippen molar-refractivity contribution in [3.63, 3.8) is 0 Å². The van der Waals surface area contributed by atoms with Crippen molar-refractivity contribution in [2.24, 2.45) is 4.99 Å². The number of benzene rings is 2. The zero-order valence-electron chi connectivity index (χ0n) is 15.4. The molecule has 0 spiro atoms. The molecule has 2 atom stereocenters. The van der Waals surface area contributed by atoms with Gasteiger partial charge in [-0.2, -0.15) is 0 Å². The van der Waals surface area contributed by atoms with E-state index in [-0.39, 0.29) is 18.6 Å². The summed E-state index contributed by atoms with van der Waals surface area (Å²) in [6.07, 6.45) is 6.84. The molecule has 4 nitrogen and oxygen atoms in total. The molecule has 4 heteroatoms. The summed E-state index contributed by atoms with van der Waals surface area (Å²) in [4.78, 5) is 19.8. The van der Waals surface area contributed by atoms with E-state index in [4.69, 9.17) is 0 Å². The van der Waals surface area contributed by atoms with Gasteiger partial charge in [0.25, 0.3) is 5.91 Å². The van der Waals surface area contributed by atoms with Gasteiger partial charge in [0.15, 0.2) is 0 Å². The van der Waals surface area contributed by atoms with E-state index in [0.29, 0.717) is 5.92 Å². The van der Waals surface area contributed by atoms with Crippen LogP contribution in [-0.2, 0) is 19.4 Å². The number of aliphatic imine (C=N–C) groups is 1. The Hall–Kier alpha value is -2.46. The van der Waals surface area contributed by atoms with Crippen molar-refractivity contribution in [1.82, 2.24) is 4.90 Å². The summed E-state index contributed by atoms with van der Waals surface area (Å²) in [5.41, 5.74) is 6.56. The number of aryl methyl sites for hydroxylation is 1. The van der Waals surface area contributed by atoms with Crippen LogP contribution in [0.3, 0.4) is 0 Å². The Morgan fingerprint density at radius 3 is 3.00 bits per heavy atom. The molecule has 0 saturated carbocycles. The number of hydrogen-bond acceptors (Lipinski definition) is 3. The standard InChI is InChI=1S/C23H24N2O2/c26-14-18-4-1-3-16-8-9-21-19(22(16)18)5-2-12-25(21)23(27)17-7-6-15-10-11-24-20(15)13-17/h1,3-4,6-7,11,13,19,21,26H,2,5,8-10,12,14H2/t19?,21-/m0/s1. The molecule has 0 aromatic heterocycles. The van der Waals surface area contributed by atoms with Gasteiger partial charge in [0, 0.05) is 36.7 Å². The van der Waals surface area contributed by atoms with Gasteiger partial charge >= 0.3 is 0 Å². The Morgan fingerprint density at radius 2 is 2.11 bits per heavy atom. The Labute approximate surface area is 159 Å². The average Bonchev–Trinajstić information content (AvgIpc) is 3.20. The summed E-state index contributed by atoms with van der Waals surface area (Å²) in [5.74, 6) is 0.460. The van der Waals surface area contributed by atoms with E-state index >= 15 is 0 Å². The fraction of sp³-hybridized carbons (Fsp3) is 0.391. The van der Waals surface area contributed by atoms with E-state index in [1.54, 1.807) is 0 Å². The number of hydrogen-bond donors (Lipinski definition) is 1. The molecule has 1 N–H and O–H groups in total. The maximum absolute atomic E-state index is 13.3. The van der Waals surface area contributed by atoms with Gasteiger partial charge in [-0.05, 0) is 60.1 Å². The molecule has 2 aromatic rings. The number of fused-ring (bicyclic) bond motifs is 4. The first kappa shape index (κ1) is 16.7. The molecule has 1 saturated heterocycles. The third-order valence-corrected chi connectivity index (χ3v) is 6.45. The molecule has 0 radical (unpaired) electrons. The van der Waals surface area contributed by atoms with Gasteiger partial charge in [0.2, 0.25) is 0 Å². The van der Waals surface area contributed by atoms with Crippen LogP contribution < -0.4 is 0 Å². The maximum atomic E-state index is 13.3. The predicted octanol–water partition coefficient (Wildman–Crippen LogP) is 3.77. The highest BCUT2D eigenvalue weighted by Crippen LogP contribution is 2.43. The molecule has 1 unspecified atom stereocenters. The topological polar surface area (TPSA) is 52.9 Å². The Morgan fingerprint density at radius 1 is 1.19 bits per heavy atom. The van der Waals surface area contributed by atoms with Crippen molar-refractivity contribution in [3.05, 3.63) is 64.2 Å². The Bertz CT molecular complexity index is 920. The summed E-state index contributed by atoms with van der Waals surface area (Å²) in [5, 5.41) is 9.83. The molecule has 27 heavy (non-hydrogen) atoms. The monoisotopic (exact) mass is 360 g/mol. The fourth-order valence-electron chi connectivity index (χ4n) is 5.20. The molecule has 0 bridgehead atoms. The lowest BCUT2D eigenvalue weighted by Gasteiger charge is -2.45. The molecular formula is C23H24N2O2. The van der Waals surface area contributed by atoms with Gasteiger partial charge in [-0.25, -0.2) is 0 Å². The highest BCUT2D eigenvalue weighted by atomic mass is 16.3.